The van der Waals surface area contributed by atoms with Crippen LogP contribution in [0.25, 0.3) is 0 Å². The molecule has 0 unspecified atom stereocenters. The standard InChI is InChI=1S/C30H27NO6S/c1-22-6-5-9-24(18-22)20-31(38(33,34)28-14-15-29-25(19-28)16-17-35-29)30(32)37-27-12-10-26(11-13-27)36-21-23-7-3-2-4-8-23/h2-15,18-19H,16-17,20-21H2,1H3. The number of rotatable bonds is 8. The monoisotopic (exact) mass is 529 g/mol. The van der Waals surface area contributed by atoms with Crippen LogP contribution >= 0.6 is 0 Å². The lowest BCUT2D eigenvalue weighted by Gasteiger charge is -2.22. The van der Waals surface area contributed by atoms with Gasteiger partial charge in [-0.25, -0.2) is 13.2 Å². The maximum Gasteiger partial charge on any atom is 0.429 e. The Morgan fingerprint density at radius 2 is 1.61 bits per heavy atom. The molecule has 0 N–H and O–H groups in total. The summed E-state index contributed by atoms with van der Waals surface area (Å²) in [6.45, 7) is 2.63. The third kappa shape index (κ3) is 5.81. The van der Waals surface area contributed by atoms with Gasteiger partial charge in [0.25, 0.3) is 10.0 Å². The Hall–Kier alpha value is -4.30. The lowest BCUT2D eigenvalue weighted by atomic mass is 10.1. The Bertz CT molecular complexity index is 1540. The van der Waals surface area contributed by atoms with Crippen molar-refractivity contribution in [3.63, 3.8) is 0 Å². The van der Waals surface area contributed by atoms with Crippen LogP contribution in [0.2, 0.25) is 0 Å². The Balaban J connectivity index is 1.36. The number of carbonyl (C=O) groups excluding carboxylic acids is 1. The van der Waals surface area contributed by atoms with Crippen molar-refractivity contribution >= 4 is 16.1 Å². The van der Waals surface area contributed by atoms with E-state index in [4.69, 9.17) is 14.2 Å². The fraction of sp³-hybridized carbons (Fsp3) is 0.167. The summed E-state index contributed by atoms with van der Waals surface area (Å²) < 4.78 is 45.0. The molecule has 1 heterocycles. The third-order valence-electron chi connectivity index (χ3n) is 6.14. The summed E-state index contributed by atoms with van der Waals surface area (Å²) in [7, 11) is -4.22. The van der Waals surface area contributed by atoms with Gasteiger partial charge in [0.15, 0.2) is 0 Å². The number of amides is 1. The van der Waals surface area contributed by atoms with Gasteiger partial charge in [0.2, 0.25) is 0 Å². The minimum atomic E-state index is -4.22. The zero-order valence-electron chi connectivity index (χ0n) is 20.9. The molecule has 38 heavy (non-hydrogen) atoms. The fourth-order valence-electron chi connectivity index (χ4n) is 4.17. The summed E-state index contributed by atoms with van der Waals surface area (Å²) in [5.41, 5.74) is 3.44. The molecule has 5 rings (SSSR count). The quantitative estimate of drug-likeness (QED) is 0.283. The number of hydrogen-bond acceptors (Lipinski definition) is 6. The zero-order chi connectivity index (χ0) is 26.5. The van der Waals surface area contributed by atoms with Crippen LogP contribution in [0.4, 0.5) is 4.79 Å². The number of benzene rings is 4. The van der Waals surface area contributed by atoms with Gasteiger partial charge in [-0.2, -0.15) is 4.31 Å². The topological polar surface area (TPSA) is 82.1 Å². The number of nitrogens with zero attached hydrogens (tertiary/aromatic N) is 1. The van der Waals surface area contributed by atoms with Crippen molar-refractivity contribution in [1.82, 2.24) is 4.31 Å². The highest BCUT2D eigenvalue weighted by Gasteiger charge is 2.32. The predicted molar refractivity (Wildman–Crippen MR) is 143 cm³/mol. The van der Waals surface area contributed by atoms with Gasteiger partial charge in [-0.15, -0.1) is 0 Å². The number of ether oxygens (including phenoxy) is 3. The van der Waals surface area contributed by atoms with Crippen molar-refractivity contribution in [3.8, 4) is 17.2 Å². The van der Waals surface area contributed by atoms with E-state index in [0.29, 0.717) is 36.7 Å². The zero-order valence-corrected chi connectivity index (χ0v) is 21.7. The molecule has 4 aromatic rings. The van der Waals surface area contributed by atoms with E-state index in [1.807, 2.05) is 55.5 Å². The van der Waals surface area contributed by atoms with Crippen LogP contribution in [0, 0.1) is 6.92 Å². The molecule has 0 aromatic heterocycles. The van der Waals surface area contributed by atoms with Gasteiger partial charge < -0.3 is 14.2 Å². The average Bonchev–Trinajstić information content (AvgIpc) is 3.40. The molecule has 194 valence electrons. The van der Waals surface area contributed by atoms with Crippen molar-refractivity contribution in [2.24, 2.45) is 0 Å². The van der Waals surface area contributed by atoms with Crippen molar-refractivity contribution < 1.29 is 27.4 Å². The average molecular weight is 530 g/mol. The lowest BCUT2D eigenvalue weighted by molar-refractivity contribution is 0.177. The van der Waals surface area contributed by atoms with Crippen molar-refractivity contribution in [2.75, 3.05) is 6.61 Å². The normalized spacial score (nSPS) is 12.3. The molecule has 8 heteroatoms. The maximum atomic E-state index is 13.7. The van der Waals surface area contributed by atoms with Gasteiger partial charge in [-0.1, -0.05) is 60.2 Å². The minimum absolute atomic E-state index is 0.0102. The van der Waals surface area contributed by atoms with Crippen LogP contribution in [-0.4, -0.2) is 25.4 Å². The number of aryl methyl sites for hydroxylation is 1. The highest BCUT2D eigenvalue weighted by atomic mass is 32.2. The van der Waals surface area contributed by atoms with Crippen molar-refractivity contribution in [1.29, 1.82) is 0 Å². The van der Waals surface area contributed by atoms with Gasteiger partial charge in [-0.05, 0) is 66.1 Å². The Morgan fingerprint density at radius 1 is 0.868 bits per heavy atom. The summed E-state index contributed by atoms with van der Waals surface area (Å²) in [6.07, 6.45) is -0.388. The second-order valence-corrected chi connectivity index (χ2v) is 10.8. The maximum absolute atomic E-state index is 13.7. The first-order chi connectivity index (χ1) is 18.4. The fourth-order valence-corrected chi connectivity index (χ4v) is 5.51. The molecule has 1 aliphatic rings. The van der Waals surface area contributed by atoms with Crippen LogP contribution < -0.4 is 14.2 Å². The third-order valence-corrected chi connectivity index (χ3v) is 7.85. The van der Waals surface area contributed by atoms with E-state index >= 15 is 0 Å². The second kappa shape index (κ2) is 11.0. The van der Waals surface area contributed by atoms with E-state index in [-0.39, 0.29) is 17.2 Å². The summed E-state index contributed by atoms with van der Waals surface area (Å²) in [5, 5.41) is 0. The molecule has 0 bridgehead atoms. The van der Waals surface area contributed by atoms with Crippen LogP contribution in [-0.2, 0) is 29.6 Å². The van der Waals surface area contributed by atoms with Gasteiger partial charge in [0.05, 0.1) is 18.0 Å². The highest BCUT2D eigenvalue weighted by molar-refractivity contribution is 7.89. The lowest BCUT2D eigenvalue weighted by Crippen LogP contribution is -2.38. The van der Waals surface area contributed by atoms with E-state index in [1.165, 1.54) is 6.07 Å². The van der Waals surface area contributed by atoms with Crippen LogP contribution in [0.15, 0.2) is 102 Å². The van der Waals surface area contributed by atoms with Gasteiger partial charge in [-0.3, -0.25) is 0 Å². The van der Waals surface area contributed by atoms with Crippen molar-refractivity contribution in [3.05, 3.63) is 119 Å². The van der Waals surface area contributed by atoms with Crippen LogP contribution in [0.1, 0.15) is 22.3 Å². The Kier molecular flexibility index (Phi) is 7.33. The Labute approximate surface area is 222 Å². The first kappa shape index (κ1) is 25.4. The molecule has 0 saturated carbocycles. The van der Waals surface area contributed by atoms with Crippen molar-refractivity contribution in [2.45, 2.75) is 31.4 Å². The van der Waals surface area contributed by atoms with E-state index in [0.717, 1.165) is 21.0 Å². The SMILES string of the molecule is Cc1cccc(CN(C(=O)Oc2ccc(OCc3ccccc3)cc2)S(=O)(=O)c2ccc3c(c2)CCO3)c1. The molecule has 0 atom stereocenters. The van der Waals surface area contributed by atoms with Gasteiger partial charge in [0, 0.05) is 6.42 Å². The largest absolute Gasteiger partial charge is 0.493 e. The molecule has 1 amide bonds. The van der Waals surface area contributed by atoms with Crippen LogP contribution in [0.5, 0.6) is 17.2 Å². The van der Waals surface area contributed by atoms with Gasteiger partial charge in [0.1, 0.15) is 23.9 Å². The Morgan fingerprint density at radius 3 is 2.37 bits per heavy atom. The van der Waals surface area contributed by atoms with Crippen LogP contribution in [0.3, 0.4) is 0 Å². The summed E-state index contributed by atoms with van der Waals surface area (Å²) in [4.78, 5) is 13.3. The molecule has 0 radical (unpaired) electrons. The summed E-state index contributed by atoms with van der Waals surface area (Å²) in [6, 6.07) is 28.2. The highest BCUT2D eigenvalue weighted by Crippen LogP contribution is 2.30. The molecule has 0 fully saturated rings. The number of fused-ring (bicyclic) bond motifs is 1. The molecule has 4 aromatic carbocycles. The van der Waals surface area contributed by atoms with E-state index < -0.39 is 16.1 Å². The molecule has 0 saturated heterocycles. The predicted octanol–water partition coefficient (Wildman–Crippen LogP) is 5.90. The summed E-state index contributed by atoms with van der Waals surface area (Å²) in [5.74, 6) is 1.46. The van der Waals surface area contributed by atoms with E-state index in [1.54, 1.807) is 42.5 Å². The first-order valence-electron chi connectivity index (χ1n) is 12.2. The van der Waals surface area contributed by atoms with E-state index in [9.17, 15) is 13.2 Å². The summed E-state index contributed by atoms with van der Waals surface area (Å²) >= 11 is 0. The van der Waals surface area contributed by atoms with Gasteiger partial charge >= 0.3 is 6.09 Å². The minimum Gasteiger partial charge on any atom is -0.493 e. The molecule has 0 spiro atoms. The number of hydrogen-bond donors (Lipinski definition) is 0. The molecule has 7 nitrogen and oxygen atoms in total. The molecule has 0 aliphatic carbocycles. The molecular formula is C30H27NO6S. The molecule has 1 aliphatic heterocycles. The van der Waals surface area contributed by atoms with E-state index in [2.05, 4.69) is 0 Å². The molecular weight excluding hydrogens is 502 g/mol. The second-order valence-electron chi connectivity index (χ2n) is 8.98. The number of carbonyl (C=O) groups is 1. The number of sulfonamides is 1. The first-order valence-corrected chi connectivity index (χ1v) is 13.7. The smallest absolute Gasteiger partial charge is 0.429 e.